The van der Waals surface area contributed by atoms with Gasteiger partial charge in [0.2, 0.25) is 5.91 Å². The van der Waals surface area contributed by atoms with Crippen LogP contribution in [0.4, 0.5) is 0 Å². The zero-order chi connectivity index (χ0) is 13.9. The van der Waals surface area contributed by atoms with E-state index in [-0.39, 0.29) is 0 Å². The molecule has 0 atom stereocenters. The van der Waals surface area contributed by atoms with Gasteiger partial charge in [-0.1, -0.05) is 24.3 Å². The summed E-state index contributed by atoms with van der Waals surface area (Å²) in [5.41, 5.74) is 2.73. The Hall–Kier alpha value is -1.35. The normalized spacial score (nSPS) is 20.1. The number of hydrogen-bond donors (Lipinski definition) is 1. The van der Waals surface area contributed by atoms with Gasteiger partial charge in [0, 0.05) is 31.6 Å². The summed E-state index contributed by atoms with van der Waals surface area (Å²) < 4.78 is 0. The number of carbonyl (C=O) groups is 1. The molecular formula is C17H24N2O. The number of hydrogen-bond acceptors (Lipinski definition) is 2. The lowest BCUT2D eigenvalue weighted by molar-refractivity contribution is -0.133. The fourth-order valence-corrected chi connectivity index (χ4v) is 2.96. The Morgan fingerprint density at radius 2 is 1.90 bits per heavy atom. The summed E-state index contributed by atoms with van der Waals surface area (Å²) in [4.78, 5) is 14.1. The monoisotopic (exact) mass is 272 g/mol. The third-order valence-electron chi connectivity index (χ3n) is 4.58. The maximum absolute atomic E-state index is 12.0. The Morgan fingerprint density at radius 3 is 2.55 bits per heavy atom. The first kappa shape index (κ1) is 13.6. The van der Waals surface area contributed by atoms with Crippen LogP contribution >= 0.6 is 0 Å². The van der Waals surface area contributed by atoms with Crippen LogP contribution < -0.4 is 5.32 Å². The van der Waals surface area contributed by atoms with Crippen LogP contribution in [0.25, 0.3) is 0 Å². The van der Waals surface area contributed by atoms with Crippen molar-refractivity contribution in [3.05, 3.63) is 35.4 Å². The van der Waals surface area contributed by atoms with Gasteiger partial charge in [0.15, 0.2) is 0 Å². The van der Waals surface area contributed by atoms with Crippen molar-refractivity contribution in [2.24, 2.45) is 5.92 Å². The Bertz CT molecular complexity index is 474. The second-order valence-electron chi connectivity index (χ2n) is 6.18. The van der Waals surface area contributed by atoms with E-state index in [1.165, 1.54) is 11.1 Å². The molecule has 108 valence electrons. The highest BCUT2D eigenvalue weighted by Crippen LogP contribution is 2.31. The third-order valence-corrected chi connectivity index (χ3v) is 4.58. The topological polar surface area (TPSA) is 32.3 Å². The molecule has 2 fully saturated rings. The Labute approximate surface area is 121 Å². The molecule has 1 heterocycles. The van der Waals surface area contributed by atoms with Crippen molar-refractivity contribution in [2.75, 3.05) is 13.1 Å². The first-order valence-corrected chi connectivity index (χ1v) is 7.80. The Kier molecular flexibility index (Phi) is 4.06. The molecule has 1 aromatic carbocycles. The molecule has 1 amide bonds. The highest BCUT2D eigenvalue weighted by molar-refractivity contribution is 5.81. The fourth-order valence-electron chi connectivity index (χ4n) is 2.96. The minimum atomic E-state index is 0.367. The van der Waals surface area contributed by atoms with Gasteiger partial charge in [-0.15, -0.1) is 0 Å². The third kappa shape index (κ3) is 3.21. The van der Waals surface area contributed by atoms with Crippen molar-refractivity contribution in [1.82, 2.24) is 10.2 Å². The summed E-state index contributed by atoms with van der Waals surface area (Å²) in [7, 11) is 0. The number of nitrogens with one attached hydrogen (secondary N) is 1. The maximum Gasteiger partial charge on any atom is 0.225 e. The number of rotatable bonds is 4. The number of aryl methyl sites for hydroxylation is 1. The van der Waals surface area contributed by atoms with Crippen molar-refractivity contribution in [3.63, 3.8) is 0 Å². The smallest absolute Gasteiger partial charge is 0.225 e. The molecule has 1 saturated heterocycles. The van der Waals surface area contributed by atoms with Gasteiger partial charge >= 0.3 is 0 Å². The lowest BCUT2D eigenvalue weighted by Gasteiger charge is -2.32. The number of nitrogens with zero attached hydrogens (tertiary/aromatic N) is 1. The van der Waals surface area contributed by atoms with Gasteiger partial charge < -0.3 is 10.2 Å². The predicted octanol–water partition coefficient (Wildman–Crippen LogP) is 2.49. The largest absolute Gasteiger partial charge is 0.342 e. The number of piperidine rings is 1. The average molecular weight is 272 g/mol. The summed E-state index contributed by atoms with van der Waals surface area (Å²) in [5.74, 6) is 0.772. The van der Waals surface area contributed by atoms with Crippen LogP contribution in [0, 0.1) is 12.8 Å². The second-order valence-corrected chi connectivity index (χ2v) is 6.18. The summed E-state index contributed by atoms with van der Waals surface area (Å²) >= 11 is 0. The zero-order valence-electron chi connectivity index (χ0n) is 12.3. The quantitative estimate of drug-likeness (QED) is 0.913. The lowest BCUT2D eigenvalue weighted by Crippen LogP contribution is -2.45. The number of likely N-dealkylation sites (tertiary alicyclic amines) is 1. The van der Waals surface area contributed by atoms with Gasteiger partial charge in [-0.25, -0.2) is 0 Å². The van der Waals surface area contributed by atoms with E-state index < -0.39 is 0 Å². The van der Waals surface area contributed by atoms with Gasteiger partial charge in [-0.05, 0) is 43.7 Å². The number of carbonyl (C=O) groups excluding carboxylic acids is 1. The minimum absolute atomic E-state index is 0.367. The summed E-state index contributed by atoms with van der Waals surface area (Å²) in [6, 6.07) is 9.09. The van der Waals surface area contributed by atoms with E-state index >= 15 is 0 Å². The second kappa shape index (κ2) is 5.96. The molecule has 1 aliphatic heterocycles. The molecule has 0 bridgehead atoms. The van der Waals surface area contributed by atoms with Gasteiger partial charge in [0.1, 0.15) is 0 Å². The van der Waals surface area contributed by atoms with Gasteiger partial charge in [0.05, 0.1) is 0 Å². The van der Waals surface area contributed by atoms with Gasteiger partial charge in [0.25, 0.3) is 0 Å². The summed E-state index contributed by atoms with van der Waals surface area (Å²) in [6.45, 7) is 4.96. The molecule has 0 spiro atoms. The van der Waals surface area contributed by atoms with Crippen molar-refractivity contribution in [2.45, 2.75) is 45.2 Å². The van der Waals surface area contributed by atoms with Crippen LogP contribution in [-0.4, -0.2) is 29.9 Å². The van der Waals surface area contributed by atoms with Crippen molar-refractivity contribution < 1.29 is 4.79 Å². The van der Waals surface area contributed by atoms with E-state index in [0.29, 0.717) is 17.9 Å². The lowest BCUT2D eigenvalue weighted by atomic mass is 10.0. The van der Waals surface area contributed by atoms with Crippen molar-refractivity contribution in [1.29, 1.82) is 0 Å². The van der Waals surface area contributed by atoms with Gasteiger partial charge in [-0.2, -0.15) is 0 Å². The molecular weight excluding hydrogens is 248 g/mol. The maximum atomic E-state index is 12.0. The van der Waals surface area contributed by atoms with E-state index in [0.717, 1.165) is 45.3 Å². The van der Waals surface area contributed by atoms with Crippen LogP contribution in [0.15, 0.2) is 24.3 Å². The molecule has 0 aromatic heterocycles. The van der Waals surface area contributed by atoms with E-state index in [4.69, 9.17) is 0 Å². The van der Waals surface area contributed by atoms with Crippen LogP contribution in [-0.2, 0) is 11.3 Å². The van der Waals surface area contributed by atoms with Gasteiger partial charge in [-0.3, -0.25) is 4.79 Å². The molecule has 3 heteroatoms. The molecule has 20 heavy (non-hydrogen) atoms. The molecule has 3 nitrogen and oxygen atoms in total. The number of amides is 1. The average Bonchev–Trinajstić information content (AvgIpc) is 3.31. The summed E-state index contributed by atoms with van der Waals surface area (Å²) in [6.07, 6.45) is 4.41. The Morgan fingerprint density at radius 1 is 1.20 bits per heavy atom. The van der Waals surface area contributed by atoms with Crippen LogP contribution in [0.5, 0.6) is 0 Å². The SMILES string of the molecule is Cc1ccccc1CNC1CCN(C(=O)C2CC2)CC1. The van der Waals surface area contributed by atoms with Crippen LogP contribution in [0.1, 0.15) is 36.8 Å². The van der Waals surface area contributed by atoms with Crippen LogP contribution in [0.3, 0.4) is 0 Å². The molecule has 1 aliphatic carbocycles. The zero-order valence-corrected chi connectivity index (χ0v) is 12.3. The number of benzene rings is 1. The molecule has 0 radical (unpaired) electrons. The highest BCUT2D eigenvalue weighted by atomic mass is 16.2. The molecule has 1 N–H and O–H groups in total. The summed E-state index contributed by atoms with van der Waals surface area (Å²) in [5, 5.41) is 3.65. The van der Waals surface area contributed by atoms with Crippen molar-refractivity contribution in [3.8, 4) is 0 Å². The van der Waals surface area contributed by atoms with E-state index in [9.17, 15) is 4.79 Å². The predicted molar refractivity (Wildman–Crippen MR) is 80.3 cm³/mol. The molecule has 1 saturated carbocycles. The molecule has 2 aliphatic rings. The fraction of sp³-hybridized carbons (Fsp3) is 0.588. The molecule has 1 aromatic rings. The van der Waals surface area contributed by atoms with E-state index in [1.807, 2.05) is 0 Å². The minimum Gasteiger partial charge on any atom is -0.342 e. The molecule has 3 rings (SSSR count). The van der Waals surface area contributed by atoms with E-state index in [1.54, 1.807) is 0 Å². The first-order valence-electron chi connectivity index (χ1n) is 7.80. The standard InChI is InChI=1S/C17H24N2O/c1-13-4-2-3-5-15(13)12-18-16-8-10-19(11-9-16)17(20)14-6-7-14/h2-5,14,16,18H,6-12H2,1H3. The van der Waals surface area contributed by atoms with E-state index in [2.05, 4.69) is 41.4 Å². The highest BCUT2D eigenvalue weighted by Gasteiger charge is 2.34. The van der Waals surface area contributed by atoms with Crippen LogP contribution in [0.2, 0.25) is 0 Å². The first-order chi connectivity index (χ1) is 9.74. The van der Waals surface area contributed by atoms with Crippen molar-refractivity contribution >= 4 is 5.91 Å². The Balaban J connectivity index is 1.44. The molecule has 0 unspecified atom stereocenters.